The summed E-state index contributed by atoms with van der Waals surface area (Å²) in [7, 11) is 0. The summed E-state index contributed by atoms with van der Waals surface area (Å²) in [5.74, 6) is 0. The van der Waals surface area contributed by atoms with Gasteiger partial charge in [-0.05, 0) is 148 Å². The van der Waals surface area contributed by atoms with Crippen LogP contribution in [-0.4, -0.2) is 0 Å². The minimum absolute atomic E-state index is 0.0184. The number of para-hydroxylation sites is 2. The van der Waals surface area contributed by atoms with E-state index < -0.39 is 5.41 Å². The monoisotopic (exact) mass is 989 g/mol. The molecule has 0 radical (unpaired) electrons. The first kappa shape index (κ1) is 46.5. The van der Waals surface area contributed by atoms with Crippen molar-refractivity contribution in [3.05, 3.63) is 282 Å². The summed E-state index contributed by atoms with van der Waals surface area (Å²) in [4.78, 5) is 2.41. The first-order valence-corrected chi connectivity index (χ1v) is 27.2. The first-order chi connectivity index (χ1) is 37.4. The van der Waals surface area contributed by atoms with Gasteiger partial charge >= 0.3 is 0 Å². The molecule has 370 valence electrons. The molecule has 14 rings (SSSR count). The van der Waals surface area contributed by atoms with E-state index in [9.17, 15) is 0 Å². The second kappa shape index (κ2) is 17.5. The van der Waals surface area contributed by atoms with Crippen molar-refractivity contribution >= 4 is 39.0 Å². The number of anilines is 3. The number of hydrogen-bond acceptors (Lipinski definition) is 2. The number of rotatable bonds is 7. The van der Waals surface area contributed by atoms with Crippen LogP contribution in [0.25, 0.3) is 88.7 Å². The SMILES string of the molecule is CC(C)(C)c1ccc2c(c1)C1(c3ccccc3-c3ccc(-c4ccc(N(c5ccc6c(c5)oc5ccccc56)c5ccccc5-c5ccccc5-c5ccccc5-c5ccccc5)cc4)cc31)c1cc(C(C)(C)C)ccc1-2. The predicted octanol–water partition coefficient (Wildman–Crippen LogP) is 20.7. The molecular weight excluding hydrogens is 931 g/mol. The van der Waals surface area contributed by atoms with Crippen LogP contribution in [0.5, 0.6) is 0 Å². The molecule has 0 N–H and O–H groups in total. The van der Waals surface area contributed by atoms with Crippen LogP contribution >= 0.6 is 0 Å². The van der Waals surface area contributed by atoms with Crippen molar-refractivity contribution in [3.8, 4) is 66.8 Å². The van der Waals surface area contributed by atoms with E-state index in [4.69, 9.17) is 4.42 Å². The van der Waals surface area contributed by atoms with E-state index in [0.29, 0.717) is 0 Å². The number of fused-ring (bicyclic) bond motifs is 13. The molecular formula is C75H59NO. The van der Waals surface area contributed by atoms with Crippen LogP contribution in [-0.2, 0) is 16.2 Å². The Balaban J connectivity index is 0.939. The Bertz CT molecular complexity index is 4230. The Morgan fingerprint density at radius 2 is 0.766 bits per heavy atom. The lowest BCUT2D eigenvalue weighted by Gasteiger charge is -2.33. The summed E-state index contributed by atoms with van der Waals surface area (Å²) < 4.78 is 6.60. The highest BCUT2D eigenvalue weighted by atomic mass is 16.3. The molecule has 1 aromatic heterocycles. The highest BCUT2D eigenvalue weighted by molar-refractivity contribution is 6.07. The summed E-state index contributed by atoms with van der Waals surface area (Å²) in [6.45, 7) is 14.0. The molecule has 11 aromatic carbocycles. The maximum Gasteiger partial charge on any atom is 0.137 e. The van der Waals surface area contributed by atoms with Gasteiger partial charge in [-0.2, -0.15) is 0 Å². The number of furan rings is 1. The van der Waals surface area contributed by atoms with Crippen LogP contribution in [0.2, 0.25) is 0 Å². The third-order valence-corrected chi connectivity index (χ3v) is 16.7. The summed E-state index contributed by atoms with van der Waals surface area (Å²) in [6, 6.07) is 92.5. The molecule has 2 aliphatic rings. The maximum atomic E-state index is 6.60. The van der Waals surface area contributed by atoms with Gasteiger partial charge in [-0.1, -0.05) is 242 Å². The van der Waals surface area contributed by atoms with Crippen LogP contribution in [0.4, 0.5) is 17.1 Å². The van der Waals surface area contributed by atoms with E-state index in [0.717, 1.165) is 55.7 Å². The molecule has 2 aliphatic carbocycles. The van der Waals surface area contributed by atoms with Crippen molar-refractivity contribution in [2.24, 2.45) is 0 Å². The summed E-state index contributed by atoms with van der Waals surface area (Å²) >= 11 is 0. The van der Waals surface area contributed by atoms with Gasteiger partial charge in [0.25, 0.3) is 0 Å². The molecule has 1 heterocycles. The maximum absolute atomic E-state index is 6.60. The summed E-state index contributed by atoms with van der Waals surface area (Å²) in [6.07, 6.45) is 0. The van der Waals surface area contributed by atoms with E-state index in [1.54, 1.807) is 0 Å². The molecule has 2 heteroatoms. The van der Waals surface area contributed by atoms with Crippen LogP contribution < -0.4 is 4.90 Å². The normalized spacial score (nSPS) is 13.2. The van der Waals surface area contributed by atoms with Gasteiger partial charge in [0.15, 0.2) is 0 Å². The van der Waals surface area contributed by atoms with Gasteiger partial charge in [-0.15, -0.1) is 0 Å². The largest absolute Gasteiger partial charge is 0.456 e. The van der Waals surface area contributed by atoms with Gasteiger partial charge in [-0.3, -0.25) is 0 Å². The number of nitrogens with zero attached hydrogens (tertiary/aromatic N) is 1. The summed E-state index contributed by atoms with van der Waals surface area (Å²) in [5, 5.41) is 2.22. The zero-order chi connectivity index (χ0) is 52.2. The predicted molar refractivity (Wildman–Crippen MR) is 324 cm³/mol. The topological polar surface area (TPSA) is 16.4 Å². The van der Waals surface area contributed by atoms with Gasteiger partial charge in [0.1, 0.15) is 11.2 Å². The quantitative estimate of drug-likeness (QED) is 0.158. The van der Waals surface area contributed by atoms with E-state index >= 15 is 0 Å². The molecule has 2 nitrogen and oxygen atoms in total. The average molecular weight is 990 g/mol. The van der Waals surface area contributed by atoms with Gasteiger partial charge in [-0.25, -0.2) is 0 Å². The fourth-order valence-corrected chi connectivity index (χ4v) is 12.8. The van der Waals surface area contributed by atoms with Gasteiger partial charge in [0.2, 0.25) is 0 Å². The smallest absolute Gasteiger partial charge is 0.137 e. The Kier molecular flexibility index (Phi) is 10.6. The second-order valence-corrected chi connectivity index (χ2v) is 23.2. The third-order valence-electron chi connectivity index (χ3n) is 16.7. The van der Waals surface area contributed by atoms with Crippen molar-refractivity contribution in [3.63, 3.8) is 0 Å². The molecule has 0 saturated carbocycles. The number of benzene rings is 11. The molecule has 1 spiro atoms. The minimum Gasteiger partial charge on any atom is -0.456 e. The summed E-state index contributed by atoms with van der Waals surface area (Å²) in [5.41, 5.74) is 27.2. The Morgan fingerprint density at radius 3 is 1.43 bits per heavy atom. The van der Waals surface area contributed by atoms with Crippen LogP contribution in [0.1, 0.15) is 74.9 Å². The van der Waals surface area contributed by atoms with Crippen molar-refractivity contribution in [1.29, 1.82) is 0 Å². The molecule has 0 unspecified atom stereocenters. The molecule has 0 fully saturated rings. The van der Waals surface area contributed by atoms with Gasteiger partial charge in [0, 0.05) is 33.8 Å². The van der Waals surface area contributed by atoms with Crippen LogP contribution in [0.15, 0.2) is 253 Å². The van der Waals surface area contributed by atoms with Crippen LogP contribution in [0, 0.1) is 0 Å². The van der Waals surface area contributed by atoms with Crippen molar-refractivity contribution in [1.82, 2.24) is 0 Å². The first-order valence-electron chi connectivity index (χ1n) is 27.2. The Hall–Kier alpha value is -8.98. The lowest BCUT2D eigenvalue weighted by Crippen LogP contribution is -2.27. The molecule has 0 bridgehead atoms. The fourth-order valence-electron chi connectivity index (χ4n) is 12.8. The molecule has 0 aliphatic heterocycles. The van der Waals surface area contributed by atoms with Crippen molar-refractivity contribution < 1.29 is 4.42 Å². The van der Waals surface area contributed by atoms with E-state index in [2.05, 4.69) is 289 Å². The number of hydrogen-bond donors (Lipinski definition) is 0. The lowest BCUT2D eigenvalue weighted by atomic mass is 9.68. The third kappa shape index (κ3) is 7.37. The van der Waals surface area contributed by atoms with Crippen molar-refractivity contribution in [2.75, 3.05) is 4.90 Å². The second-order valence-electron chi connectivity index (χ2n) is 23.2. The zero-order valence-corrected chi connectivity index (χ0v) is 44.5. The molecule has 77 heavy (non-hydrogen) atoms. The van der Waals surface area contributed by atoms with E-state index in [1.165, 1.54) is 83.5 Å². The highest BCUT2D eigenvalue weighted by Crippen LogP contribution is 2.64. The fraction of sp³-hybridized carbons (Fsp3) is 0.120. The van der Waals surface area contributed by atoms with Crippen molar-refractivity contribution in [2.45, 2.75) is 57.8 Å². The Morgan fingerprint density at radius 1 is 0.299 bits per heavy atom. The zero-order valence-electron chi connectivity index (χ0n) is 44.5. The van der Waals surface area contributed by atoms with Gasteiger partial charge in [0.05, 0.1) is 11.1 Å². The van der Waals surface area contributed by atoms with Crippen LogP contribution in [0.3, 0.4) is 0 Å². The van der Waals surface area contributed by atoms with Gasteiger partial charge < -0.3 is 9.32 Å². The Labute approximate surface area is 452 Å². The standard InChI is InChI=1S/C75H59NO/c1-73(2,3)51-35-41-61-62-42-36-52(74(4,5)6)46-69(62)75(68(61)45-51)66-29-17-14-26-59(66)60-40-34-50(44-67(60)75)48-32-37-53(38-33-48)76(54-39-43-65-64-28-16-19-31-71(64)77-72(65)47-54)70-30-18-15-27-63(70)58-25-13-12-24-57(58)56-23-11-10-22-55(56)49-20-8-7-9-21-49/h7-47H,1-6H3. The average Bonchev–Trinajstić information content (AvgIpc) is 3.85. The molecule has 12 aromatic rings. The minimum atomic E-state index is -0.483. The lowest BCUT2D eigenvalue weighted by molar-refractivity contribution is 0.586. The molecule has 0 amide bonds. The highest BCUT2D eigenvalue weighted by Gasteiger charge is 2.52. The van der Waals surface area contributed by atoms with E-state index in [-0.39, 0.29) is 10.8 Å². The molecule has 0 atom stereocenters. The van der Waals surface area contributed by atoms with E-state index in [1.807, 2.05) is 6.07 Å². The molecule has 0 saturated heterocycles.